The van der Waals surface area contributed by atoms with Gasteiger partial charge in [-0.25, -0.2) is 0 Å². The van der Waals surface area contributed by atoms with E-state index in [2.05, 4.69) is 6.92 Å². The zero-order valence-corrected chi connectivity index (χ0v) is 17.0. The fourth-order valence-corrected chi connectivity index (χ4v) is 3.24. The van der Waals surface area contributed by atoms with Crippen LogP contribution in [0.2, 0.25) is 0 Å². The average molecular weight is 392 g/mol. The molecule has 0 aliphatic carbocycles. The maximum Gasteiger partial charge on any atom is 0.223 e. The van der Waals surface area contributed by atoms with Crippen molar-refractivity contribution in [2.45, 2.75) is 52.1 Å². The molecule has 152 valence electrons. The summed E-state index contributed by atoms with van der Waals surface area (Å²) >= 11 is 0. The number of hydrogen-bond acceptors (Lipinski definition) is 3. The molecule has 1 heterocycles. The molecule has 0 spiro atoms. The zero-order chi connectivity index (χ0) is 20.3. The van der Waals surface area contributed by atoms with E-state index >= 15 is 0 Å². The number of hydrogen-bond donors (Lipinski definition) is 0. The van der Waals surface area contributed by atoms with Crippen LogP contribution >= 0.6 is 0 Å². The summed E-state index contributed by atoms with van der Waals surface area (Å²) < 4.78 is 11.4. The van der Waals surface area contributed by atoms with Crippen LogP contribution in [-0.4, -0.2) is 10.8 Å². The summed E-state index contributed by atoms with van der Waals surface area (Å²) in [5.41, 5.74) is 1.03. The van der Waals surface area contributed by atoms with Gasteiger partial charge in [0.1, 0.15) is 17.3 Å². The highest BCUT2D eigenvalue weighted by Gasteiger charge is 2.16. The van der Waals surface area contributed by atoms with Gasteiger partial charge in [-0.2, -0.15) is 0 Å². The Morgan fingerprint density at radius 1 is 0.897 bits per heavy atom. The van der Waals surface area contributed by atoms with Crippen molar-refractivity contribution in [1.29, 1.82) is 0 Å². The van der Waals surface area contributed by atoms with Gasteiger partial charge in [0.2, 0.25) is 5.91 Å². The maximum atomic E-state index is 12.9. The number of ether oxygens (including phenoxy) is 1. The lowest BCUT2D eigenvalue weighted by Gasteiger charge is -2.22. The van der Waals surface area contributed by atoms with E-state index in [1.807, 2.05) is 71.6 Å². The minimum absolute atomic E-state index is 0.159. The third kappa shape index (κ3) is 6.83. The fourth-order valence-electron chi connectivity index (χ4n) is 3.24. The van der Waals surface area contributed by atoms with Crippen molar-refractivity contribution >= 4 is 5.91 Å². The van der Waals surface area contributed by atoms with Gasteiger partial charge in [-0.3, -0.25) is 4.79 Å². The molecule has 0 N–H and O–H groups in total. The molecule has 0 bridgehead atoms. The van der Waals surface area contributed by atoms with E-state index in [1.165, 1.54) is 12.8 Å². The Kier molecular flexibility index (Phi) is 7.93. The molecular formula is C25H29NO3. The molecule has 0 atom stereocenters. The average Bonchev–Trinajstić information content (AvgIpc) is 3.25. The van der Waals surface area contributed by atoms with Gasteiger partial charge in [-0.1, -0.05) is 56.5 Å². The lowest BCUT2D eigenvalue weighted by molar-refractivity contribution is -0.132. The summed E-state index contributed by atoms with van der Waals surface area (Å²) in [6, 6.07) is 21.4. The van der Waals surface area contributed by atoms with Gasteiger partial charge in [0.05, 0.1) is 12.8 Å². The van der Waals surface area contributed by atoms with Gasteiger partial charge in [0.15, 0.2) is 0 Å². The van der Waals surface area contributed by atoms with E-state index in [0.717, 1.165) is 35.7 Å². The molecule has 0 aliphatic rings. The van der Waals surface area contributed by atoms with Gasteiger partial charge in [-0.05, 0) is 48.4 Å². The van der Waals surface area contributed by atoms with Crippen LogP contribution < -0.4 is 4.74 Å². The van der Waals surface area contributed by atoms with E-state index in [4.69, 9.17) is 9.15 Å². The monoisotopic (exact) mass is 391 g/mol. The second kappa shape index (κ2) is 11.1. The first-order valence-corrected chi connectivity index (χ1v) is 10.4. The molecular weight excluding hydrogens is 362 g/mol. The highest BCUT2D eigenvalue weighted by molar-refractivity contribution is 5.76. The van der Waals surface area contributed by atoms with Crippen molar-refractivity contribution in [2.24, 2.45) is 0 Å². The Hall–Kier alpha value is -3.01. The number of furan rings is 1. The Balaban J connectivity index is 1.67. The van der Waals surface area contributed by atoms with E-state index in [-0.39, 0.29) is 5.91 Å². The quantitative estimate of drug-likeness (QED) is 0.347. The number of nitrogens with zero attached hydrogens (tertiary/aromatic N) is 1. The first kappa shape index (κ1) is 20.7. The third-order valence-electron chi connectivity index (χ3n) is 4.77. The van der Waals surface area contributed by atoms with Crippen molar-refractivity contribution < 1.29 is 13.9 Å². The molecule has 1 amide bonds. The van der Waals surface area contributed by atoms with Gasteiger partial charge in [-0.15, -0.1) is 0 Å². The van der Waals surface area contributed by atoms with Gasteiger partial charge < -0.3 is 14.1 Å². The first-order chi connectivity index (χ1) is 14.2. The lowest BCUT2D eigenvalue weighted by Crippen LogP contribution is -2.29. The van der Waals surface area contributed by atoms with E-state index in [9.17, 15) is 4.79 Å². The van der Waals surface area contributed by atoms with Crippen LogP contribution in [0.4, 0.5) is 0 Å². The summed E-state index contributed by atoms with van der Waals surface area (Å²) in [5.74, 6) is 2.52. The summed E-state index contributed by atoms with van der Waals surface area (Å²) in [4.78, 5) is 14.7. The van der Waals surface area contributed by atoms with Crippen LogP contribution in [0.3, 0.4) is 0 Å². The minimum atomic E-state index is 0.159. The normalized spacial score (nSPS) is 10.7. The molecule has 4 heteroatoms. The van der Waals surface area contributed by atoms with Crippen molar-refractivity contribution in [3.8, 4) is 11.5 Å². The molecule has 1 aromatic heterocycles. The number of carbonyl (C=O) groups excluding carboxylic acids is 1. The number of rotatable bonds is 11. The predicted molar refractivity (Wildman–Crippen MR) is 115 cm³/mol. The fraction of sp³-hybridized carbons (Fsp3) is 0.320. The number of benzene rings is 2. The smallest absolute Gasteiger partial charge is 0.223 e. The highest BCUT2D eigenvalue weighted by atomic mass is 16.5. The molecule has 0 aliphatic heterocycles. The summed E-state index contributed by atoms with van der Waals surface area (Å²) in [6.45, 7) is 3.18. The third-order valence-corrected chi connectivity index (χ3v) is 4.77. The summed E-state index contributed by atoms with van der Waals surface area (Å²) in [7, 11) is 0. The first-order valence-electron chi connectivity index (χ1n) is 10.4. The second-order valence-electron chi connectivity index (χ2n) is 7.20. The number of amides is 1. The SMILES string of the molecule is CCCCCCC(=O)N(Cc1cccc(Oc2ccccc2)c1)Cc1ccco1. The Labute approximate surface area is 173 Å². The highest BCUT2D eigenvalue weighted by Crippen LogP contribution is 2.23. The standard InChI is InChI=1S/C25H29NO3/c1-2-3-4-8-16-25(27)26(20-24-15-10-17-28-24)19-21-11-9-14-23(18-21)29-22-12-6-5-7-13-22/h5-7,9-15,17-18H,2-4,8,16,19-20H2,1H3. The van der Waals surface area contributed by atoms with Gasteiger partial charge in [0.25, 0.3) is 0 Å². The molecule has 0 saturated carbocycles. The van der Waals surface area contributed by atoms with Crippen LogP contribution in [-0.2, 0) is 17.9 Å². The zero-order valence-electron chi connectivity index (χ0n) is 17.0. The molecule has 4 nitrogen and oxygen atoms in total. The summed E-state index contributed by atoms with van der Waals surface area (Å²) in [6.07, 6.45) is 6.58. The molecule has 2 aromatic carbocycles. The molecule has 0 fully saturated rings. The van der Waals surface area contributed by atoms with Crippen molar-refractivity contribution in [3.63, 3.8) is 0 Å². The van der Waals surface area contributed by atoms with Crippen molar-refractivity contribution in [2.75, 3.05) is 0 Å². The number of unbranched alkanes of at least 4 members (excludes halogenated alkanes) is 3. The molecule has 3 rings (SSSR count). The predicted octanol–water partition coefficient (Wildman–Crippen LogP) is 6.57. The molecule has 29 heavy (non-hydrogen) atoms. The van der Waals surface area contributed by atoms with E-state index < -0.39 is 0 Å². The Bertz CT molecular complexity index is 859. The number of para-hydroxylation sites is 1. The number of carbonyl (C=O) groups is 1. The van der Waals surface area contributed by atoms with E-state index in [1.54, 1.807) is 6.26 Å². The molecule has 0 unspecified atom stereocenters. The largest absolute Gasteiger partial charge is 0.467 e. The van der Waals surface area contributed by atoms with E-state index in [0.29, 0.717) is 19.5 Å². The second-order valence-corrected chi connectivity index (χ2v) is 7.20. The van der Waals surface area contributed by atoms with Crippen LogP contribution in [0.5, 0.6) is 11.5 Å². The van der Waals surface area contributed by atoms with Crippen molar-refractivity contribution in [1.82, 2.24) is 4.90 Å². The van der Waals surface area contributed by atoms with Crippen LogP contribution in [0.1, 0.15) is 50.4 Å². The van der Waals surface area contributed by atoms with Crippen LogP contribution in [0, 0.1) is 0 Å². The molecule has 3 aromatic rings. The Morgan fingerprint density at radius 2 is 1.72 bits per heavy atom. The maximum absolute atomic E-state index is 12.9. The summed E-state index contributed by atoms with van der Waals surface area (Å²) in [5, 5.41) is 0. The minimum Gasteiger partial charge on any atom is -0.467 e. The van der Waals surface area contributed by atoms with Crippen LogP contribution in [0.15, 0.2) is 77.4 Å². The van der Waals surface area contributed by atoms with Gasteiger partial charge in [0, 0.05) is 13.0 Å². The van der Waals surface area contributed by atoms with Crippen LogP contribution in [0.25, 0.3) is 0 Å². The van der Waals surface area contributed by atoms with Crippen molar-refractivity contribution in [3.05, 3.63) is 84.3 Å². The lowest BCUT2D eigenvalue weighted by atomic mass is 10.1. The molecule has 0 saturated heterocycles. The molecule has 0 radical (unpaired) electrons. The van der Waals surface area contributed by atoms with Gasteiger partial charge >= 0.3 is 0 Å². The Morgan fingerprint density at radius 3 is 2.48 bits per heavy atom. The topological polar surface area (TPSA) is 42.7 Å².